The predicted octanol–water partition coefficient (Wildman–Crippen LogP) is 4.88. The summed E-state index contributed by atoms with van der Waals surface area (Å²) in [7, 11) is 0. The summed E-state index contributed by atoms with van der Waals surface area (Å²) in [6.45, 7) is -0.322. The molecule has 0 aliphatic carbocycles. The molecule has 0 bridgehead atoms. The monoisotopic (exact) mass is 566 g/mol. The Hall–Kier alpha value is -5.28. The van der Waals surface area contributed by atoms with Gasteiger partial charge in [0.25, 0.3) is 0 Å². The van der Waals surface area contributed by atoms with Gasteiger partial charge in [-0.15, -0.1) is 0 Å². The van der Waals surface area contributed by atoms with Crippen LogP contribution < -0.4 is 0 Å². The quantitative estimate of drug-likeness (QED) is 0.218. The predicted molar refractivity (Wildman–Crippen MR) is 149 cm³/mol. The maximum Gasteiger partial charge on any atom is 0.340 e. The smallest absolute Gasteiger partial charge is 0.340 e. The van der Waals surface area contributed by atoms with Crippen molar-refractivity contribution in [2.24, 2.45) is 0 Å². The molecule has 1 aliphatic heterocycles. The van der Waals surface area contributed by atoms with Gasteiger partial charge in [-0.1, -0.05) is 72.8 Å². The van der Waals surface area contributed by atoms with Gasteiger partial charge in [-0.05, 0) is 48.5 Å². The van der Waals surface area contributed by atoms with Crippen LogP contribution in [0.15, 0.2) is 121 Å². The molecular formula is C33H26O9. The number of hydrogen-bond acceptors (Lipinski definition) is 9. The maximum atomic E-state index is 13.2. The van der Waals surface area contributed by atoms with E-state index in [1.54, 1.807) is 109 Å². The van der Waals surface area contributed by atoms with Crippen LogP contribution in [0.3, 0.4) is 0 Å². The summed E-state index contributed by atoms with van der Waals surface area (Å²) in [5.41, 5.74) is 0.885. The van der Waals surface area contributed by atoms with Gasteiger partial charge in [-0.25, -0.2) is 19.2 Å². The minimum absolute atomic E-state index is 0.196. The fraction of sp³-hybridized carbons (Fsp3) is 0.152. The Bertz CT molecular complexity index is 1390. The van der Waals surface area contributed by atoms with E-state index in [4.69, 9.17) is 23.7 Å². The molecule has 0 amide bonds. The number of benzene rings is 4. The van der Waals surface area contributed by atoms with E-state index < -0.39 is 48.5 Å². The van der Waals surface area contributed by atoms with Gasteiger partial charge in [0.15, 0.2) is 12.2 Å². The first-order valence-electron chi connectivity index (χ1n) is 13.2. The van der Waals surface area contributed by atoms with Crippen molar-refractivity contribution < 1.29 is 42.9 Å². The van der Waals surface area contributed by atoms with Gasteiger partial charge >= 0.3 is 23.9 Å². The average molecular weight is 567 g/mol. The minimum Gasteiger partial charge on any atom is -0.452 e. The minimum atomic E-state index is -1.50. The Labute approximate surface area is 241 Å². The van der Waals surface area contributed by atoms with E-state index in [0.717, 1.165) is 0 Å². The van der Waals surface area contributed by atoms with Crippen LogP contribution in [0.25, 0.3) is 0 Å². The fourth-order valence-electron chi connectivity index (χ4n) is 4.27. The van der Waals surface area contributed by atoms with Crippen molar-refractivity contribution in [1.29, 1.82) is 0 Å². The summed E-state index contributed by atoms with van der Waals surface area (Å²) in [6.07, 6.45) is -5.61. The third-order valence-corrected chi connectivity index (χ3v) is 6.39. The first kappa shape index (κ1) is 28.3. The normalized spacial score (nSPS) is 19.6. The second kappa shape index (κ2) is 13.4. The standard InChI is InChI=1S/C33H26O9/c34-29(22-13-5-1-6-14-22)39-26-21-38-33(42-32(37)25-19-11-4-12-20-25)28(41-31(36)24-17-9-3-10-18-24)27(26)40-30(35)23-15-7-2-8-16-23/h1-20,26-28,33H,21H2/t26-,27-,28+,33-/m0/s1. The van der Waals surface area contributed by atoms with Crippen LogP contribution in [-0.4, -0.2) is 55.1 Å². The lowest BCUT2D eigenvalue weighted by Gasteiger charge is -2.40. The van der Waals surface area contributed by atoms with E-state index >= 15 is 0 Å². The molecule has 0 N–H and O–H groups in total. The van der Waals surface area contributed by atoms with E-state index in [2.05, 4.69) is 0 Å². The lowest BCUT2D eigenvalue weighted by Crippen LogP contribution is -2.58. The third kappa shape index (κ3) is 6.89. The van der Waals surface area contributed by atoms with Crippen molar-refractivity contribution >= 4 is 23.9 Å². The molecule has 42 heavy (non-hydrogen) atoms. The van der Waals surface area contributed by atoms with Crippen LogP contribution in [0, 0.1) is 0 Å². The van der Waals surface area contributed by atoms with Crippen molar-refractivity contribution in [3.63, 3.8) is 0 Å². The maximum absolute atomic E-state index is 13.2. The molecule has 212 valence electrons. The summed E-state index contributed by atoms with van der Waals surface area (Å²) in [4.78, 5) is 52.4. The van der Waals surface area contributed by atoms with Gasteiger partial charge in [-0.2, -0.15) is 0 Å². The Kier molecular flexibility index (Phi) is 9.00. The van der Waals surface area contributed by atoms with Gasteiger partial charge in [0.05, 0.1) is 28.9 Å². The zero-order valence-electron chi connectivity index (χ0n) is 22.2. The van der Waals surface area contributed by atoms with Gasteiger partial charge in [0, 0.05) is 0 Å². The fourth-order valence-corrected chi connectivity index (χ4v) is 4.27. The number of ether oxygens (including phenoxy) is 5. The molecule has 0 saturated carbocycles. The molecule has 5 rings (SSSR count). The van der Waals surface area contributed by atoms with Gasteiger partial charge in [0.1, 0.15) is 0 Å². The van der Waals surface area contributed by atoms with E-state index in [-0.39, 0.29) is 28.9 Å². The van der Waals surface area contributed by atoms with Crippen molar-refractivity contribution in [1.82, 2.24) is 0 Å². The molecule has 0 unspecified atom stereocenters. The van der Waals surface area contributed by atoms with Crippen molar-refractivity contribution in [3.8, 4) is 0 Å². The van der Waals surface area contributed by atoms with Crippen LogP contribution in [0.5, 0.6) is 0 Å². The van der Waals surface area contributed by atoms with Gasteiger partial charge in [0.2, 0.25) is 12.4 Å². The topological polar surface area (TPSA) is 114 Å². The summed E-state index contributed by atoms with van der Waals surface area (Å²) >= 11 is 0. The largest absolute Gasteiger partial charge is 0.452 e. The third-order valence-electron chi connectivity index (χ3n) is 6.39. The summed E-state index contributed by atoms with van der Waals surface area (Å²) in [5, 5.41) is 0. The number of rotatable bonds is 8. The summed E-state index contributed by atoms with van der Waals surface area (Å²) in [6, 6.07) is 32.6. The Morgan fingerprint density at radius 3 is 1.19 bits per heavy atom. The van der Waals surface area contributed by atoms with Crippen LogP contribution in [-0.2, 0) is 23.7 Å². The van der Waals surface area contributed by atoms with E-state index in [0.29, 0.717) is 0 Å². The number of esters is 4. The average Bonchev–Trinajstić information content (AvgIpc) is 3.05. The number of carbonyl (C=O) groups excluding carboxylic acids is 4. The molecule has 0 radical (unpaired) electrons. The van der Waals surface area contributed by atoms with E-state index in [1.165, 1.54) is 12.1 Å². The molecular weight excluding hydrogens is 540 g/mol. The molecule has 4 aromatic carbocycles. The lowest BCUT2D eigenvalue weighted by molar-refractivity contribution is -0.250. The number of carbonyl (C=O) groups is 4. The first-order valence-corrected chi connectivity index (χ1v) is 13.2. The summed E-state index contributed by atoms with van der Waals surface area (Å²) in [5.74, 6) is -3.02. The lowest BCUT2D eigenvalue weighted by atomic mass is 10.0. The molecule has 9 heteroatoms. The highest BCUT2D eigenvalue weighted by atomic mass is 16.7. The zero-order valence-corrected chi connectivity index (χ0v) is 22.2. The molecule has 4 aromatic rings. The molecule has 1 fully saturated rings. The molecule has 0 aromatic heterocycles. The zero-order chi connectivity index (χ0) is 29.3. The highest BCUT2D eigenvalue weighted by Gasteiger charge is 2.50. The van der Waals surface area contributed by atoms with Gasteiger partial charge < -0.3 is 23.7 Å². The van der Waals surface area contributed by atoms with Crippen LogP contribution >= 0.6 is 0 Å². The Balaban J connectivity index is 1.48. The highest BCUT2D eigenvalue weighted by Crippen LogP contribution is 2.28. The molecule has 9 nitrogen and oxygen atoms in total. The SMILES string of the molecule is O=C(O[C@@H]1OC[C@H](OC(=O)c2ccccc2)[C@H](OC(=O)c2ccccc2)[C@H]1OC(=O)c1ccccc1)c1ccccc1. The molecule has 1 saturated heterocycles. The van der Waals surface area contributed by atoms with E-state index in [9.17, 15) is 19.2 Å². The first-order chi connectivity index (χ1) is 20.5. The second-order valence-corrected chi connectivity index (χ2v) is 9.25. The van der Waals surface area contributed by atoms with Crippen LogP contribution in [0.1, 0.15) is 41.4 Å². The Morgan fingerprint density at radius 1 is 0.452 bits per heavy atom. The van der Waals surface area contributed by atoms with Crippen molar-refractivity contribution in [2.45, 2.75) is 24.6 Å². The Morgan fingerprint density at radius 2 is 0.786 bits per heavy atom. The molecule has 1 aliphatic rings. The van der Waals surface area contributed by atoms with Gasteiger partial charge in [-0.3, -0.25) is 0 Å². The molecule has 4 atom stereocenters. The highest BCUT2D eigenvalue weighted by molar-refractivity contribution is 5.91. The van der Waals surface area contributed by atoms with Crippen LogP contribution in [0.2, 0.25) is 0 Å². The number of hydrogen-bond donors (Lipinski definition) is 0. The van der Waals surface area contributed by atoms with Crippen LogP contribution in [0.4, 0.5) is 0 Å². The second-order valence-electron chi connectivity index (χ2n) is 9.25. The van der Waals surface area contributed by atoms with Crippen molar-refractivity contribution in [2.75, 3.05) is 6.61 Å². The summed E-state index contributed by atoms with van der Waals surface area (Å²) < 4.78 is 28.7. The molecule has 0 spiro atoms. The van der Waals surface area contributed by atoms with E-state index in [1.807, 2.05) is 0 Å². The molecule has 1 heterocycles. The van der Waals surface area contributed by atoms with Crippen molar-refractivity contribution in [3.05, 3.63) is 144 Å².